The van der Waals surface area contributed by atoms with E-state index >= 15 is 0 Å². The molecule has 1 heterocycles. The highest BCUT2D eigenvalue weighted by Crippen LogP contribution is 2.40. The van der Waals surface area contributed by atoms with Crippen LogP contribution in [0.15, 0.2) is 53.1 Å². The van der Waals surface area contributed by atoms with Crippen LogP contribution in [0.5, 0.6) is 0 Å². The van der Waals surface area contributed by atoms with E-state index in [1.807, 2.05) is 51.1 Å². The highest BCUT2D eigenvalue weighted by atomic mass is 32.2. The van der Waals surface area contributed by atoms with Gasteiger partial charge in [0.1, 0.15) is 5.92 Å². The minimum atomic E-state index is -1.19. The van der Waals surface area contributed by atoms with Crippen LogP contribution in [0.25, 0.3) is 0 Å². The minimum Gasteiger partial charge on any atom is -0.468 e. The van der Waals surface area contributed by atoms with E-state index in [0.29, 0.717) is 5.56 Å². The van der Waals surface area contributed by atoms with Gasteiger partial charge in [0.25, 0.3) is 0 Å². The number of rotatable bonds is 7. The molecule has 1 aliphatic rings. The van der Waals surface area contributed by atoms with Crippen molar-refractivity contribution in [1.82, 2.24) is 5.32 Å². The van der Waals surface area contributed by atoms with Gasteiger partial charge in [0, 0.05) is 11.6 Å². The second kappa shape index (κ2) is 11.0. The van der Waals surface area contributed by atoms with E-state index in [9.17, 15) is 19.6 Å². The molecule has 2 amide bonds. The van der Waals surface area contributed by atoms with Gasteiger partial charge in [-0.1, -0.05) is 66.7 Å². The number of esters is 1. The van der Waals surface area contributed by atoms with Gasteiger partial charge < -0.3 is 15.4 Å². The smallest absolute Gasteiger partial charge is 0.319 e. The highest BCUT2D eigenvalue weighted by molar-refractivity contribution is 8.03. The highest BCUT2D eigenvalue weighted by Gasteiger charge is 2.44. The van der Waals surface area contributed by atoms with Crippen molar-refractivity contribution in [3.8, 4) is 6.07 Å². The minimum absolute atomic E-state index is 0.0121. The molecule has 176 valence electrons. The first-order chi connectivity index (χ1) is 16.3. The van der Waals surface area contributed by atoms with Crippen molar-refractivity contribution in [3.63, 3.8) is 0 Å². The summed E-state index contributed by atoms with van der Waals surface area (Å²) in [5, 5.41) is 15.9. The number of nitriles is 1. The van der Waals surface area contributed by atoms with Crippen LogP contribution in [0.4, 0.5) is 5.69 Å². The van der Waals surface area contributed by atoms with Crippen molar-refractivity contribution in [1.29, 1.82) is 5.26 Å². The van der Waals surface area contributed by atoms with Crippen LogP contribution in [0.1, 0.15) is 35.1 Å². The van der Waals surface area contributed by atoms with Crippen LogP contribution >= 0.6 is 11.8 Å². The molecule has 34 heavy (non-hydrogen) atoms. The summed E-state index contributed by atoms with van der Waals surface area (Å²) in [6, 6.07) is 15.3. The van der Waals surface area contributed by atoms with Crippen LogP contribution in [0.2, 0.25) is 0 Å². The lowest BCUT2D eigenvalue weighted by Gasteiger charge is -2.31. The fraction of sp³-hybridized carbons (Fsp3) is 0.308. The Morgan fingerprint density at radius 3 is 2.50 bits per heavy atom. The topological polar surface area (TPSA) is 108 Å². The Morgan fingerprint density at radius 1 is 1.18 bits per heavy atom. The van der Waals surface area contributed by atoms with Crippen molar-refractivity contribution in [2.75, 3.05) is 18.2 Å². The quantitative estimate of drug-likeness (QED) is 0.461. The lowest BCUT2D eigenvalue weighted by molar-refractivity contribution is -0.150. The SMILES string of the molecule is CCc1cccc(C)c1NC(=O)CSC1=C(C#N)[C@H](c2ccc(C)cc2)[C@H](C(=O)OC)C(=O)N1. The standard InChI is InChI=1S/C26H27N3O4S/c1-5-17-8-6-7-16(3)23(17)28-20(30)14-34-25-19(13-27)21(18-11-9-15(2)10-12-18)22(24(31)29-25)26(32)33-4/h6-12,21-22H,5,14H2,1-4H3,(H,28,30)(H,29,31)/t21-,22-/m0/s1. The number of nitrogens with one attached hydrogen (secondary N) is 2. The summed E-state index contributed by atoms with van der Waals surface area (Å²) in [6.45, 7) is 5.87. The van der Waals surface area contributed by atoms with Crippen molar-refractivity contribution in [3.05, 3.63) is 75.3 Å². The Bertz CT molecular complexity index is 1180. The monoisotopic (exact) mass is 477 g/mol. The fourth-order valence-electron chi connectivity index (χ4n) is 3.97. The number of ether oxygens (including phenoxy) is 1. The summed E-state index contributed by atoms with van der Waals surface area (Å²) >= 11 is 1.06. The van der Waals surface area contributed by atoms with E-state index in [0.717, 1.165) is 40.6 Å². The molecule has 1 aliphatic heterocycles. The normalized spacial score (nSPS) is 17.6. The maximum atomic E-state index is 12.9. The molecule has 2 aromatic carbocycles. The Morgan fingerprint density at radius 2 is 1.88 bits per heavy atom. The number of hydrogen-bond donors (Lipinski definition) is 2. The van der Waals surface area contributed by atoms with E-state index in [4.69, 9.17) is 4.74 Å². The first kappa shape index (κ1) is 25.1. The molecule has 3 rings (SSSR count). The zero-order chi connectivity index (χ0) is 24.8. The predicted octanol–water partition coefficient (Wildman–Crippen LogP) is 3.98. The van der Waals surface area contributed by atoms with Gasteiger partial charge >= 0.3 is 5.97 Å². The maximum absolute atomic E-state index is 12.9. The van der Waals surface area contributed by atoms with Gasteiger partial charge in [-0.15, -0.1) is 0 Å². The third-order valence-electron chi connectivity index (χ3n) is 5.77. The summed E-state index contributed by atoms with van der Waals surface area (Å²) < 4.78 is 4.86. The Balaban J connectivity index is 1.90. The van der Waals surface area contributed by atoms with Crippen molar-refractivity contribution in [2.24, 2.45) is 5.92 Å². The van der Waals surface area contributed by atoms with Crippen LogP contribution < -0.4 is 10.6 Å². The van der Waals surface area contributed by atoms with Crippen LogP contribution in [0, 0.1) is 31.1 Å². The third-order valence-corrected chi connectivity index (χ3v) is 6.79. The van der Waals surface area contributed by atoms with E-state index < -0.39 is 23.7 Å². The molecule has 0 bridgehead atoms. The average molecular weight is 478 g/mol. The molecule has 8 heteroatoms. The van der Waals surface area contributed by atoms with Crippen LogP contribution in [-0.4, -0.2) is 30.6 Å². The molecule has 0 aromatic heterocycles. The Labute approximate surface area is 203 Å². The number of aryl methyl sites for hydroxylation is 3. The number of amides is 2. The molecule has 2 atom stereocenters. The van der Waals surface area contributed by atoms with E-state index in [-0.39, 0.29) is 22.3 Å². The van der Waals surface area contributed by atoms with Gasteiger partial charge in [-0.2, -0.15) is 5.26 Å². The lowest BCUT2D eigenvalue weighted by atomic mass is 9.78. The van der Waals surface area contributed by atoms with Gasteiger partial charge in [0.2, 0.25) is 11.8 Å². The van der Waals surface area contributed by atoms with Crippen molar-refractivity contribution in [2.45, 2.75) is 33.1 Å². The number of thioether (sulfide) groups is 1. The first-order valence-electron chi connectivity index (χ1n) is 10.9. The van der Waals surface area contributed by atoms with E-state index in [1.54, 1.807) is 12.1 Å². The number of nitrogens with zero attached hydrogens (tertiary/aromatic N) is 1. The second-order valence-corrected chi connectivity index (χ2v) is 9.02. The summed E-state index contributed by atoms with van der Waals surface area (Å²) in [5.41, 5.74) is 4.66. The summed E-state index contributed by atoms with van der Waals surface area (Å²) in [7, 11) is 1.21. The molecule has 0 saturated carbocycles. The number of carbonyl (C=O) groups is 3. The van der Waals surface area contributed by atoms with Crippen LogP contribution in [0.3, 0.4) is 0 Å². The molecule has 0 aliphatic carbocycles. The average Bonchev–Trinajstić information content (AvgIpc) is 2.83. The number of hydrogen-bond acceptors (Lipinski definition) is 6. The lowest BCUT2D eigenvalue weighted by Crippen LogP contribution is -2.44. The Hall–Kier alpha value is -3.57. The molecule has 2 N–H and O–H groups in total. The largest absolute Gasteiger partial charge is 0.468 e. The number of benzene rings is 2. The zero-order valence-corrected chi connectivity index (χ0v) is 20.4. The first-order valence-corrected chi connectivity index (χ1v) is 11.9. The molecule has 0 radical (unpaired) electrons. The second-order valence-electron chi connectivity index (χ2n) is 8.03. The van der Waals surface area contributed by atoms with E-state index in [1.165, 1.54) is 7.11 Å². The van der Waals surface area contributed by atoms with E-state index in [2.05, 4.69) is 16.7 Å². The predicted molar refractivity (Wildman–Crippen MR) is 132 cm³/mol. The zero-order valence-electron chi connectivity index (χ0n) is 19.6. The molecule has 0 spiro atoms. The van der Waals surface area contributed by atoms with Gasteiger partial charge in [0.05, 0.1) is 29.5 Å². The number of carbonyl (C=O) groups excluding carboxylic acids is 3. The number of anilines is 1. The van der Waals surface area contributed by atoms with Gasteiger partial charge in [-0.25, -0.2) is 0 Å². The number of para-hydroxylation sites is 1. The summed E-state index contributed by atoms with van der Waals surface area (Å²) in [5.74, 6) is -3.55. The molecule has 0 saturated heterocycles. The van der Waals surface area contributed by atoms with Gasteiger partial charge in [-0.3, -0.25) is 14.4 Å². The summed E-state index contributed by atoms with van der Waals surface area (Å²) in [4.78, 5) is 38.1. The van der Waals surface area contributed by atoms with Crippen molar-refractivity contribution < 1.29 is 19.1 Å². The van der Waals surface area contributed by atoms with Gasteiger partial charge in [0.15, 0.2) is 0 Å². The number of allylic oxidation sites excluding steroid dienone is 1. The Kier molecular flexibility index (Phi) is 8.13. The third kappa shape index (κ3) is 5.32. The molecule has 2 aromatic rings. The van der Waals surface area contributed by atoms with Gasteiger partial charge in [-0.05, 0) is 37.0 Å². The molecular formula is C26H27N3O4S. The van der Waals surface area contributed by atoms with Crippen molar-refractivity contribution >= 4 is 35.2 Å². The molecule has 0 unspecified atom stereocenters. The maximum Gasteiger partial charge on any atom is 0.319 e. The molecule has 7 nitrogen and oxygen atoms in total. The number of methoxy groups -OCH3 is 1. The van der Waals surface area contributed by atoms with Crippen LogP contribution in [-0.2, 0) is 25.5 Å². The molecular weight excluding hydrogens is 450 g/mol. The molecule has 0 fully saturated rings. The summed E-state index contributed by atoms with van der Waals surface area (Å²) in [6.07, 6.45) is 0.775. The fourth-order valence-corrected chi connectivity index (χ4v) is 4.82.